The number of hydrogen-bond acceptors (Lipinski definition) is 4. The average molecular weight is 308 g/mol. The van der Waals surface area contributed by atoms with Crippen molar-refractivity contribution >= 4 is 9.84 Å². The van der Waals surface area contributed by atoms with E-state index in [4.69, 9.17) is 5.26 Å². The topological polar surface area (TPSA) is 61.2 Å². The minimum Gasteiger partial charge on any atom is -0.300 e. The number of nitriles is 1. The highest BCUT2D eigenvalue weighted by Gasteiger charge is 2.18. The van der Waals surface area contributed by atoms with Crippen LogP contribution in [0.2, 0.25) is 0 Å². The normalized spacial score (nSPS) is 12.1. The average Bonchev–Trinajstić information content (AvgIpc) is 2.43. The lowest BCUT2D eigenvalue weighted by atomic mass is 10.2. The Kier molecular flexibility index (Phi) is 6.38. The Hall–Kier alpha value is -1.38. The predicted octanol–water partition coefficient (Wildman–Crippen LogP) is 2.70. The minimum absolute atomic E-state index is 0.101. The monoisotopic (exact) mass is 308 g/mol. The molecule has 1 rings (SSSR count). The zero-order chi connectivity index (χ0) is 16.0. The summed E-state index contributed by atoms with van der Waals surface area (Å²) in [6, 6.07) is 8.42. The number of hydrogen-bond donors (Lipinski definition) is 0. The Labute approximate surface area is 128 Å². The van der Waals surface area contributed by atoms with Crippen molar-refractivity contribution in [1.82, 2.24) is 4.90 Å². The lowest BCUT2D eigenvalue weighted by Crippen LogP contribution is -2.37. The van der Waals surface area contributed by atoms with Crippen molar-refractivity contribution in [3.8, 4) is 6.07 Å². The number of sulfone groups is 1. The SMILES string of the molecule is CC(C)CN(CCS(=O)(=O)c1ccc(C#N)cc1)C(C)C. The van der Waals surface area contributed by atoms with Gasteiger partial charge in [0, 0.05) is 19.1 Å². The van der Waals surface area contributed by atoms with Crippen LogP contribution in [0.1, 0.15) is 33.3 Å². The van der Waals surface area contributed by atoms with E-state index in [0.29, 0.717) is 24.1 Å². The van der Waals surface area contributed by atoms with Crippen LogP contribution < -0.4 is 0 Å². The smallest absolute Gasteiger partial charge is 0.179 e. The second kappa shape index (κ2) is 7.58. The molecule has 21 heavy (non-hydrogen) atoms. The van der Waals surface area contributed by atoms with Crippen molar-refractivity contribution in [3.63, 3.8) is 0 Å². The van der Waals surface area contributed by atoms with E-state index in [-0.39, 0.29) is 10.6 Å². The van der Waals surface area contributed by atoms with Crippen LogP contribution in [0.3, 0.4) is 0 Å². The summed E-state index contributed by atoms with van der Waals surface area (Å²) in [6.45, 7) is 9.83. The Morgan fingerprint density at radius 3 is 2.14 bits per heavy atom. The number of nitrogens with zero attached hydrogens (tertiary/aromatic N) is 2. The van der Waals surface area contributed by atoms with Crippen molar-refractivity contribution in [1.29, 1.82) is 5.26 Å². The molecule has 1 aromatic rings. The molecule has 0 heterocycles. The van der Waals surface area contributed by atoms with Crippen LogP contribution in [-0.2, 0) is 9.84 Å². The molecule has 0 saturated heterocycles. The molecule has 0 fully saturated rings. The Morgan fingerprint density at radius 1 is 1.14 bits per heavy atom. The van der Waals surface area contributed by atoms with E-state index >= 15 is 0 Å². The third kappa shape index (κ3) is 5.49. The highest BCUT2D eigenvalue weighted by molar-refractivity contribution is 7.91. The van der Waals surface area contributed by atoms with Gasteiger partial charge < -0.3 is 0 Å². The maximum absolute atomic E-state index is 12.3. The van der Waals surface area contributed by atoms with Gasteiger partial charge >= 0.3 is 0 Å². The molecule has 0 saturated carbocycles. The molecule has 0 bridgehead atoms. The van der Waals surface area contributed by atoms with Crippen molar-refractivity contribution in [2.45, 2.75) is 38.6 Å². The summed E-state index contributed by atoms with van der Waals surface area (Å²) >= 11 is 0. The van der Waals surface area contributed by atoms with Gasteiger partial charge in [0.25, 0.3) is 0 Å². The molecule has 0 atom stereocenters. The second-order valence-corrected chi connectivity index (χ2v) is 8.05. The largest absolute Gasteiger partial charge is 0.300 e. The summed E-state index contributed by atoms with van der Waals surface area (Å²) in [7, 11) is -3.30. The highest BCUT2D eigenvalue weighted by Crippen LogP contribution is 2.13. The number of benzene rings is 1. The molecule has 0 aliphatic carbocycles. The van der Waals surface area contributed by atoms with Crippen LogP contribution in [0.5, 0.6) is 0 Å². The van der Waals surface area contributed by atoms with E-state index in [0.717, 1.165) is 6.54 Å². The molecule has 0 radical (unpaired) electrons. The first kappa shape index (κ1) is 17.7. The fraction of sp³-hybridized carbons (Fsp3) is 0.562. The number of rotatable bonds is 7. The molecule has 0 aliphatic heterocycles. The summed E-state index contributed by atoms with van der Waals surface area (Å²) in [5, 5.41) is 8.75. The molecule has 1 aromatic carbocycles. The van der Waals surface area contributed by atoms with E-state index in [2.05, 4.69) is 32.6 Å². The van der Waals surface area contributed by atoms with Gasteiger partial charge in [-0.1, -0.05) is 13.8 Å². The van der Waals surface area contributed by atoms with E-state index in [1.807, 2.05) is 6.07 Å². The molecule has 4 nitrogen and oxygen atoms in total. The molecular formula is C16H24N2O2S. The first-order valence-electron chi connectivity index (χ1n) is 7.23. The lowest BCUT2D eigenvalue weighted by molar-refractivity contribution is 0.209. The molecule has 0 spiro atoms. The van der Waals surface area contributed by atoms with E-state index < -0.39 is 9.84 Å². The molecule has 116 valence electrons. The summed E-state index contributed by atoms with van der Waals surface area (Å²) in [4.78, 5) is 2.47. The van der Waals surface area contributed by atoms with E-state index in [1.165, 1.54) is 12.1 Å². The van der Waals surface area contributed by atoms with Crippen LogP contribution in [0.25, 0.3) is 0 Å². The van der Waals surface area contributed by atoms with Gasteiger partial charge in [0.15, 0.2) is 9.84 Å². The zero-order valence-electron chi connectivity index (χ0n) is 13.2. The van der Waals surface area contributed by atoms with Crippen LogP contribution in [0.4, 0.5) is 0 Å². The fourth-order valence-corrected chi connectivity index (χ4v) is 3.38. The maximum atomic E-state index is 12.3. The van der Waals surface area contributed by atoms with Gasteiger partial charge in [-0.15, -0.1) is 0 Å². The Morgan fingerprint density at radius 2 is 1.71 bits per heavy atom. The first-order valence-corrected chi connectivity index (χ1v) is 8.88. The summed E-state index contributed by atoms with van der Waals surface area (Å²) in [6.07, 6.45) is 0. The third-order valence-corrected chi connectivity index (χ3v) is 5.03. The predicted molar refractivity (Wildman–Crippen MR) is 84.8 cm³/mol. The molecule has 0 unspecified atom stereocenters. The first-order chi connectivity index (χ1) is 9.76. The maximum Gasteiger partial charge on any atom is 0.179 e. The lowest BCUT2D eigenvalue weighted by Gasteiger charge is -2.28. The summed E-state index contributed by atoms with van der Waals surface area (Å²) in [5.41, 5.74) is 0.470. The fourth-order valence-electron chi connectivity index (χ4n) is 2.12. The van der Waals surface area contributed by atoms with Crippen LogP contribution >= 0.6 is 0 Å². The van der Waals surface area contributed by atoms with Gasteiger partial charge in [-0.25, -0.2) is 8.42 Å². The van der Waals surface area contributed by atoms with Crippen molar-refractivity contribution in [3.05, 3.63) is 29.8 Å². The van der Waals surface area contributed by atoms with E-state index in [1.54, 1.807) is 12.1 Å². The van der Waals surface area contributed by atoms with Gasteiger partial charge in [0.05, 0.1) is 22.3 Å². The summed E-state index contributed by atoms with van der Waals surface area (Å²) < 4.78 is 24.7. The van der Waals surface area contributed by atoms with Gasteiger partial charge in [0.2, 0.25) is 0 Å². The highest BCUT2D eigenvalue weighted by atomic mass is 32.2. The molecule has 0 aliphatic rings. The van der Waals surface area contributed by atoms with Crippen molar-refractivity contribution in [2.75, 3.05) is 18.8 Å². The Bertz CT molecular complexity index is 584. The van der Waals surface area contributed by atoms with Gasteiger partial charge in [-0.2, -0.15) is 5.26 Å². The standard InChI is InChI=1S/C16H24N2O2S/c1-13(2)12-18(14(3)4)9-10-21(19,20)16-7-5-15(11-17)6-8-16/h5-8,13-14H,9-10,12H2,1-4H3. The molecule has 0 aromatic heterocycles. The van der Waals surface area contributed by atoms with Gasteiger partial charge in [-0.05, 0) is 44.0 Å². The zero-order valence-corrected chi connectivity index (χ0v) is 14.0. The second-order valence-electron chi connectivity index (χ2n) is 5.94. The molecule has 5 heteroatoms. The molecular weight excluding hydrogens is 284 g/mol. The third-order valence-electron chi connectivity index (χ3n) is 3.32. The van der Waals surface area contributed by atoms with Crippen LogP contribution in [0.15, 0.2) is 29.2 Å². The quantitative estimate of drug-likeness (QED) is 0.777. The minimum atomic E-state index is -3.30. The van der Waals surface area contributed by atoms with E-state index in [9.17, 15) is 8.42 Å². The van der Waals surface area contributed by atoms with Crippen molar-refractivity contribution in [2.24, 2.45) is 5.92 Å². The summed E-state index contributed by atoms with van der Waals surface area (Å²) in [5.74, 6) is 0.606. The molecule has 0 amide bonds. The van der Waals surface area contributed by atoms with Crippen molar-refractivity contribution < 1.29 is 8.42 Å². The van der Waals surface area contributed by atoms with Crippen LogP contribution in [0, 0.1) is 17.2 Å². The van der Waals surface area contributed by atoms with Gasteiger partial charge in [-0.3, -0.25) is 4.90 Å². The van der Waals surface area contributed by atoms with Gasteiger partial charge in [0.1, 0.15) is 0 Å². The Balaban J connectivity index is 2.77. The molecule has 0 N–H and O–H groups in total. The van der Waals surface area contributed by atoms with Crippen LogP contribution in [-0.4, -0.2) is 38.2 Å².